The van der Waals surface area contributed by atoms with Crippen molar-refractivity contribution in [3.8, 4) is 0 Å². The van der Waals surface area contributed by atoms with Gasteiger partial charge in [0.1, 0.15) is 0 Å². The average molecular weight is 305 g/mol. The van der Waals surface area contributed by atoms with Crippen molar-refractivity contribution in [3.05, 3.63) is 23.8 Å². The molecular formula is C16H23N3O3. The second-order valence-electron chi connectivity index (χ2n) is 5.40. The molecule has 0 heterocycles. The van der Waals surface area contributed by atoms with Crippen LogP contribution in [0.4, 0.5) is 21.0 Å². The van der Waals surface area contributed by atoms with Crippen LogP contribution in [0.15, 0.2) is 18.2 Å². The number of nitrogens with one attached hydrogen (secondary N) is 3. The van der Waals surface area contributed by atoms with E-state index in [1.165, 1.54) is 12.8 Å². The maximum atomic E-state index is 12.0. The molecule has 3 amide bonds. The van der Waals surface area contributed by atoms with E-state index in [0.29, 0.717) is 18.0 Å². The zero-order valence-electron chi connectivity index (χ0n) is 13.1. The van der Waals surface area contributed by atoms with Gasteiger partial charge < -0.3 is 15.4 Å². The molecule has 6 heteroatoms. The Morgan fingerprint density at radius 3 is 2.45 bits per heavy atom. The van der Waals surface area contributed by atoms with Crippen molar-refractivity contribution >= 4 is 23.5 Å². The number of hydrogen-bond donors (Lipinski definition) is 3. The summed E-state index contributed by atoms with van der Waals surface area (Å²) in [7, 11) is 0. The van der Waals surface area contributed by atoms with Crippen LogP contribution < -0.4 is 16.0 Å². The molecule has 1 saturated carbocycles. The van der Waals surface area contributed by atoms with E-state index in [4.69, 9.17) is 4.74 Å². The van der Waals surface area contributed by atoms with E-state index in [1.54, 1.807) is 25.1 Å². The first kappa shape index (κ1) is 16.1. The van der Waals surface area contributed by atoms with Gasteiger partial charge in [-0.2, -0.15) is 0 Å². The lowest BCUT2D eigenvalue weighted by Gasteiger charge is -2.16. The fourth-order valence-corrected chi connectivity index (χ4v) is 2.60. The van der Waals surface area contributed by atoms with Crippen LogP contribution in [0.5, 0.6) is 0 Å². The van der Waals surface area contributed by atoms with Gasteiger partial charge in [-0.3, -0.25) is 5.32 Å². The second-order valence-corrected chi connectivity index (χ2v) is 5.40. The molecule has 1 aromatic carbocycles. The summed E-state index contributed by atoms with van der Waals surface area (Å²) in [6, 6.07) is 5.41. The highest BCUT2D eigenvalue weighted by atomic mass is 16.5. The summed E-state index contributed by atoms with van der Waals surface area (Å²) in [5.74, 6) is 0. The fraction of sp³-hybridized carbons (Fsp3) is 0.500. The predicted molar refractivity (Wildman–Crippen MR) is 86.2 cm³/mol. The van der Waals surface area contributed by atoms with Crippen LogP contribution in [0.2, 0.25) is 0 Å². The van der Waals surface area contributed by atoms with E-state index in [0.717, 1.165) is 18.4 Å². The Hall–Kier alpha value is -2.24. The highest BCUT2D eigenvalue weighted by Gasteiger charge is 2.17. The largest absolute Gasteiger partial charge is 0.450 e. The molecule has 1 aromatic rings. The van der Waals surface area contributed by atoms with Gasteiger partial charge in [-0.1, -0.05) is 18.9 Å². The molecule has 0 saturated heterocycles. The highest BCUT2D eigenvalue weighted by Crippen LogP contribution is 2.24. The third-order valence-corrected chi connectivity index (χ3v) is 3.78. The Kier molecular flexibility index (Phi) is 5.63. The normalized spacial score (nSPS) is 14.5. The molecule has 0 unspecified atom stereocenters. The Morgan fingerprint density at radius 2 is 1.82 bits per heavy atom. The SMILES string of the molecule is CCOC(=O)Nc1cccc(NC(=O)NC2CCCC2)c1C. The lowest BCUT2D eigenvalue weighted by Crippen LogP contribution is -2.36. The highest BCUT2D eigenvalue weighted by molar-refractivity contribution is 5.93. The minimum Gasteiger partial charge on any atom is -0.450 e. The standard InChI is InChI=1S/C16H23N3O3/c1-3-22-16(21)19-14-10-6-9-13(11(14)2)18-15(20)17-12-7-4-5-8-12/h6,9-10,12H,3-5,7-8H2,1-2H3,(H,19,21)(H2,17,18,20). The maximum absolute atomic E-state index is 12.0. The van der Waals surface area contributed by atoms with Crippen LogP contribution >= 0.6 is 0 Å². The summed E-state index contributed by atoms with van der Waals surface area (Å²) in [6.07, 6.45) is 3.91. The van der Waals surface area contributed by atoms with Crippen molar-refractivity contribution in [1.82, 2.24) is 5.32 Å². The number of amides is 3. The molecule has 6 nitrogen and oxygen atoms in total. The van der Waals surface area contributed by atoms with Gasteiger partial charge >= 0.3 is 12.1 Å². The van der Waals surface area contributed by atoms with Gasteiger partial charge in [0.2, 0.25) is 0 Å². The van der Waals surface area contributed by atoms with Crippen molar-refractivity contribution in [1.29, 1.82) is 0 Å². The van der Waals surface area contributed by atoms with E-state index in [1.807, 2.05) is 6.92 Å². The van der Waals surface area contributed by atoms with E-state index < -0.39 is 6.09 Å². The molecule has 120 valence electrons. The van der Waals surface area contributed by atoms with Gasteiger partial charge in [-0.25, -0.2) is 9.59 Å². The molecule has 0 bridgehead atoms. The molecule has 1 fully saturated rings. The minimum atomic E-state index is -0.502. The number of carbonyl (C=O) groups excluding carboxylic acids is 2. The van der Waals surface area contributed by atoms with Crippen LogP contribution in [-0.2, 0) is 4.74 Å². The lowest BCUT2D eigenvalue weighted by atomic mass is 10.1. The van der Waals surface area contributed by atoms with Crippen molar-refractivity contribution < 1.29 is 14.3 Å². The van der Waals surface area contributed by atoms with Crippen molar-refractivity contribution in [2.75, 3.05) is 17.2 Å². The zero-order valence-corrected chi connectivity index (χ0v) is 13.1. The third kappa shape index (κ3) is 4.38. The Morgan fingerprint density at radius 1 is 1.18 bits per heavy atom. The molecule has 1 aliphatic carbocycles. The molecular weight excluding hydrogens is 282 g/mol. The Labute approximate surface area is 130 Å². The fourth-order valence-electron chi connectivity index (χ4n) is 2.60. The molecule has 0 aromatic heterocycles. The van der Waals surface area contributed by atoms with Gasteiger partial charge in [-0.05, 0) is 44.4 Å². The van der Waals surface area contributed by atoms with E-state index in [2.05, 4.69) is 16.0 Å². The number of rotatable bonds is 4. The third-order valence-electron chi connectivity index (χ3n) is 3.78. The van der Waals surface area contributed by atoms with Crippen LogP contribution in [0.1, 0.15) is 38.2 Å². The molecule has 22 heavy (non-hydrogen) atoms. The topological polar surface area (TPSA) is 79.5 Å². The summed E-state index contributed by atoms with van der Waals surface area (Å²) in [4.78, 5) is 23.5. The van der Waals surface area contributed by atoms with Gasteiger partial charge in [0, 0.05) is 17.4 Å². The predicted octanol–water partition coefficient (Wildman–Crippen LogP) is 3.63. The summed E-state index contributed by atoms with van der Waals surface area (Å²) in [5, 5.41) is 8.48. The first-order valence-corrected chi connectivity index (χ1v) is 7.71. The van der Waals surface area contributed by atoms with E-state index >= 15 is 0 Å². The zero-order chi connectivity index (χ0) is 15.9. The molecule has 3 N–H and O–H groups in total. The van der Waals surface area contributed by atoms with Crippen molar-refractivity contribution in [3.63, 3.8) is 0 Å². The number of carbonyl (C=O) groups is 2. The molecule has 0 radical (unpaired) electrons. The van der Waals surface area contributed by atoms with Crippen LogP contribution in [0, 0.1) is 6.92 Å². The monoisotopic (exact) mass is 305 g/mol. The van der Waals surface area contributed by atoms with Crippen LogP contribution in [0.3, 0.4) is 0 Å². The number of hydrogen-bond acceptors (Lipinski definition) is 3. The number of urea groups is 1. The van der Waals surface area contributed by atoms with E-state index in [9.17, 15) is 9.59 Å². The number of anilines is 2. The first-order valence-electron chi connectivity index (χ1n) is 7.71. The van der Waals surface area contributed by atoms with E-state index in [-0.39, 0.29) is 12.1 Å². The van der Waals surface area contributed by atoms with Crippen molar-refractivity contribution in [2.24, 2.45) is 0 Å². The molecule has 2 rings (SSSR count). The van der Waals surface area contributed by atoms with Crippen molar-refractivity contribution in [2.45, 2.75) is 45.6 Å². The first-order chi connectivity index (χ1) is 10.6. The summed E-state index contributed by atoms with van der Waals surface area (Å²) < 4.78 is 4.86. The molecule has 1 aliphatic rings. The van der Waals surface area contributed by atoms with Crippen LogP contribution in [-0.4, -0.2) is 24.8 Å². The smallest absolute Gasteiger partial charge is 0.411 e. The summed E-state index contributed by atoms with van der Waals surface area (Å²) in [6.45, 7) is 3.90. The van der Waals surface area contributed by atoms with Gasteiger partial charge in [-0.15, -0.1) is 0 Å². The number of benzene rings is 1. The maximum Gasteiger partial charge on any atom is 0.411 e. The average Bonchev–Trinajstić information content (AvgIpc) is 2.96. The quantitative estimate of drug-likeness (QED) is 0.794. The molecule has 0 aliphatic heterocycles. The second kappa shape index (κ2) is 7.68. The van der Waals surface area contributed by atoms with Crippen LogP contribution in [0.25, 0.3) is 0 Å². The molecule has 0 atom stereocenters. The molecule has 0 spiro atoms. The number of ether oxygens (including phenoxy) is 1. The summed E-state index contributed by atoms with van der Waals surface area (Å²) >= 11 is 0. The van der Waals surface area contributed by atoms with Gasteiger partial charge in [0.25, 0.3) is 0 Å². The van der Waals surface area contributed by atoms with Gasteiger partial charge in [0.05, 0.1) is 6.61 Å². The lowest BCUT2D eigenvalue weighted by molar-refractivity contribution is 0.168. The minimum absolute atomic E-state index is 0.205. The Bertz CT molecular complexity index is 539. The summed E-state index contributed by atoms with van der Waals surface area (Å²) in [5.41, 5.74) is 2.08. The van der Waals surface area contributed by atoms with Gasteiger partial charge in [0.15, 0.2) is 0 Å². The Balaban J connectivity index is 1.98.